The van der Waals surface area contributed by atoms with Gasteiger partial charge in [0.25, 0.3) is 0 Å². The first-order chi connectivity index (χ1) is 8.67. The zero-order valence-corrected chi connectivity index (χ0v) is 10.8. The maximum atomic E-state index is 11.4. The summed E-state index contributed by atoms with van der Waals surface area (Å²) in [6.07, 6.45) is 0.967. The van der Waals surface area contributed by atoms with Crippen LogP contribution < -0.4 is 0 Å². The van der Waals surface area contributed by atoms with Gasteiger partial charge in [0, 0.05) is 6.42 Å². The summed E-state index contributed by atoms with van der Waals surface area (Å²) < 4.78 is 9.73. The summed E-state index contributed by atoms with van der Waals surface area (Å²) in [6, 6.07) is 7.06. The molecule has 0 saturated heterocycles. The van der Waals surface area contributed by atoms with Gasteiger partial charge in [0.05, 0.1) is 18.8 Å². The van der Waals surface area contributed by atoms with Crippen molar-refractivity contribution in [2.75, 3.05) is 13.2 Å². The Morgan fingerprint density at radius 1 is 1.00 bits per heavy atom. The van der Waals surface area contributed by atoms with E-state index in [1.54, 1.807) is 26.0 Å². The number of carbonyl (C=O) groups is 2. The van der Waals surface area contributed by atoms with Crippen molar-refractivity contribution in [2.24, 2.45) is 0 Å². The van der Waals surface area contributed by atoms with Crippen molar-refractivity contribution in [1.82, 2.24) is 0 Å². The molecule has 0 radical (unpaired) electrons. The number of carbonyl (C=O) groups excluding carboxylic acids is 2. The summed E-state index contributed by atoms with van der Waals surface area (Å²) in [5.74, 6) is -0.526. The molecule has 4 nitrogen and oxygen atoms in total. The minimum atomic E-state index is -0.325. The van der Waals surface area contributed by atoms with Crippen molar-refractivity contribution < 1.29 is 19.1 Å². The molecule has 0 spiro atoms. The normalized spacial score (nSPS) is 9.89. The topological polar surface area (TPSA) is 52.6 Å². The lowest BCUT2D eigenvalue weighted by atomic mass is 10.1. The summed E-state index contributed by atoms with van der Waals surface area (Å²) in [5.41, 5.74) is 1.52. The van der Waals surface area contributed by atoms with Gasteiger partial charge in [-0.15, -0.1) is 0 Å². The average molecular weight is 250 g/mol. The summed E-state index contributed by atoms with van der Waals surface area (Å²) in [5, 5.41) is 0. The van der Waals surface area contributed by atoms with E-state index in [1.807, 2.05) is 12.1 Å². The van der Waals surface area contributed by atoms with E-state index in [0.29, 0.717) is 31.6 Å². The molecule has 0 saturated carbocycles. The molecule has 0 aliphatic rings. The van der Waals surface area contributed by atoms with Gasteiger partial charge in [0.1, 0.15) is 0 Å². The molecule has 1 aromatic rings. The van der Waals surface area contributed by atoms with Crippen LogP contribution in [0.2, 0.25) is 0 Å². The number of aryl methyl sites for hydroxylation is 1. The van der Waals surface area contributed by atoms with Gasteiger partial charge in [0.2, 0.25) is 0 Å². The van der Waals surface area contributed by atoms with Crippen LogP contribution in [-0.4, -0.2) is 25.2 Å². The van der Waals surface area contributed by atoms with Crippen LogP contribution in [0, 0.1) is 0 Å². The fourth-order valence-electron chi connectivity index (χ4n) is 1.50. The number of esters is 2. The minimum Gasteiger partial charge on any atom is -0.466 e. The second-order valence-corrected chi connectivity index (χ2v) is 3.72. The third-order valence-electron chi connectivity index (χ3n) is 2.39. The van der Waals surface area contributed by atoms with Crippen LogP contribution in [0.25, 0.3) is 0 Å². The van der Waals surface area contributed by atoms with Crippen molar-refractivity contribution in [3.63, 3.8) is 0 Å². The van der Waals surface area contributed by atoms with Crippen molar-refractivity contribution in [2.45, 2.75) is 26.7 Å². The van der Waals surface area contributed by atoms with Gasteiger partial charge in [-0.1, -0.05) is 12.1 Å². The molecule has 1 aromatic carbocycles. The molecular weight excluding hydrogens is 232 g/mol. The van der Waals surface area contributed by atoms with Crippen LogP contribution in [0.5, 0.6) is 0 Å². The van der Waals surface area contributed by atoms with Gasteiger partial charge < -0.3 is 9.47 Å². The van der Waals surface area contributed by atoms with Crippen molar-refractivity contribution >= 4 is 11.9 Å². The molecule has 0 unspecified atom stereocenters. The standard InChI is InChI=1S/C14H18O4/c1-3-17-13(15)10-7-11-5-8-12(9-6-11)14(16)18-4-2/h5-6,8-9H,3-4,7,10H2,1-2H3. The number of hydrogen-bond acceptors (Lipinski definition) is 4. The Balaban J connectivity index is 2.50. The van der Waals surface area contributed by atoms with Crippen LogP contribution in [0.3, 0.4) is 0 Å². The number of benzene rings is 1. The quantitative estimate of drug-likeness (QED) is 0.727. The van der Waals surface area contributed by atoms with E-state index in [4.69, 9.17) is 9.47 Å². The summed E-state index contributed by atoms with van der Waals surface area (Å²) in [7, 11) is 0. The molecule has 1 rings (SSSR count). The molecule has 4 heteroatoms. The highest BCUT2D eigenvalue weighted by atomic mass is 16.5. The van der Waals surface area contributed by atoms with Crippen molar-refractivity contribution in [1.29, 1.82) is 0 Å². The Hall–Kier alpha value is -1.84. The molecule has 0 atom stereocenters. The highest BCUT2D eigenvalue weighted by molar-refractivity contribution is 5.89. The maximum Gasteiger partial charge on any atom is 0.338 e. The predicted molar refractivity (Wildman–Crippen MR) is 67.4 cm³/mol. The molecule has 0 aliphatic heterocycles. The van der Waals surface area contributed by atoms with Crippen molar-refractivity contribution in [3.05, 3.63) is 35.4 Å². The fourth-order valence-corrected chi connectivity index (χ4v) is 1.50. The molecule has 0 fully saturated rings. The SMILES string of the molecule is CCOC(=O)CCc1ccc(C(=O)OCC)cc1. The Morgan fingerprint density at radius 2 is 1.61 bits per heavy atom. The Morgan fingerprint density at radius 3 is 2.17 bits per heavy atom. The van der Waals surface area contributed by atoms with Crippen LogP contribution >= 0.6 is 0 Å². The molecule has 0 aromatic heterocycles. The number of ether oxygens (including phenoxy) is 2. The second-order valence-electron chi connectivity index (χ2n) is 3.72. The van der Waals surface area contributed by atoms with Crippen LogP contribution in [0.1, 0.15) is 36.2 Å². The largest absolute Gasteiger partial charge is 0.466 e. The van der Waals surface area contributed by atoms with Crippen LogP contribution in [0.4, 0.5) is 0 Å². The first-order valence-electron chi connectivity index (χ1n) is 6.09. The minimum absolute atomic E-state index is 0.202. The van der Waals surface area contributed by atoms with Gasteiger partial charge in [-0.25, -0.2) is 4.79 Å². The van der Waals surface area contributed by atoms with E-state index in [9.17, 15) is 9.59 Å². The van der Waals surface area contributed by atoms with Crippen LogP contribution in [0.15, 0.2) is 24.3 Å². The van der Waals surface area contributed by atoms with E-state index >= 15 is 0 Å². The highest BCUT2D eigenvalue weighted by Crippen LogP contribution is 2.08. The maximum absolute atomic E-state index is 11.4. The third kappa shape index (κ3) is 4.57. The summed E-state index contributed by atoms with van der Waals surface area (Å²) in [6.45, 7) is 4.32. The van der Waals surface area contributed by atoms with E-state index in [1.165, 1.54) is 0 Å². The zero-order valence-electron chi connectivity index (χ0n) is 10.8. The Kier molecular flexibility index (Phi) is 5.91. The summed E-state index contributed by atoms with van der Waals surface area (Å²) in [4.78, 5) is 22.6. The molecule has 0 N–H and O–H groups in total. The molecule has 0 amide bonds. The van der Waals surface area contributed by atoms with Gasteiger partial charge in [-0.3, -0.25) is 4.79 Å². The lowest BCUT2D eigenvalue weighted by molar-refractivity contribution is -0.143. The summed E-state index contributed by atoms with van der Waals surface area (Å²) >= 11 is 0. The van der Waals surface area contributed by atoms with E-state index in [0.717, 1.165) is 5.56 Å². The predicted octanol–water partition coefficient (Wildman–Crippen LogP) is 2.36. The van der Waals surface area contributed by atoms with E-state index in [2.05, 4.69) is 0 Å². The monoisotopic (exact) mass is 250 g/mol. The van der Waals surface area contributed by atoms with Gasteiger partial charge in [0.15, 0.2) is 0 Å². The number of rotatable bonds is 6. The third-order valence-corrected chi connectivity index (χ3v) is 2.39. The van der Waals surface area contributed by atoms with Gasteiger partial charge in [-0.2, -0.15) is 0 Å². The van der Waals surface area contributed by atoms with E-state index in [-0.39, 0.29) is 11.9 Å². The molecule has 98 valence electrons. The van der Waals surface area contributed by atoms with E-state index < -0.39 is 0 Å². The molecule has 0 bridgehead atoms. The second kappa shape index (κ2) is 7.48. The molecular formula is C14H18O4. The lowest BCUT2D eigenvalue weighted by Crippen LogP contribution is -2.06. The number of hydrogen-bond donors (Lipinski definition) is 0. The van der Waals surface area contributed by atoms with Gasteiger partial charge in [-0.05, 0) is 38.0 Å². The first kappa shape index (κ1) is 14.2. The molecule has 0 aliphatic carbocycles. The van der Waals surface area contributed by atoms with Crippen molar-refractivity contribution in [3.8, 4) is 0 Å². The lowest BCUT2D eigenvalue weighted by Gasteiger charge is -2.04. The zero-order chi connectivity index (χ0) is 13.4. The Labute approximate surface area is 107 Å². The first-order valence-corrected chi connectivity index (χ1v) is 6.09. The van der Waals surface area contributed by atoms with Gasteiger partial charge >= 0.3 is 11.9 Å². The highest BCUT2D eigenvalue weighted by Gasteiger charge is 2.06. The smallest absolute Gasteiger partial charge is 0.338 e. The molecule has 0 heterocycles. The average Bonchev–Trinajstić information content (AvgIpc) is 2.37. The molecule has 18 heavy (non-hydrogen) atoms. The van der Waals surface area contributed by atoms with Crippen LogP contribution in [-0.2, 0) is 20.7 Å². The fraction of sp³-hybridized carbons (Fsp3) is 0.429. The Bertz CT molecular complexity index is 395.